The van der Waals surface area contributed by atoms with Crippen LogP contribution < -0.4 is 9.62 Å². The fraction of sp³-hybridized carbons (Fsp3) is 0.389. The van der Waals surface area contributed by atoms with E-state index < -0.39 is 10.0 Å². The fourth-order valence-corrected chi connectivity index (χ4v) is 4.48. The highest BCUT2D eigenvalue weighted by molar-refractivity contribution is 7.92. The molecule has 0 aliphatic rings. The lowest BCUT2D eigenvalue weighted by Gasteiger charge is -2.26. The van der Waals surface area contributed by atoms with Gasteiger partial charge in [0.1, 0.15) is 6.54 Å². The first-order chi connectivity index (χ1) is 12.2. The predicted molar refractivity (Wildman–Crippen MR) is 107 cm³/mol. The lowest BCUT2D eigenvalue weighted by molar-refractivity contribution is -0.119. The summed E-state index contributed by atoms with van der Waals surface area (Å²) in [7, 11) is 0.333. The number of aryl methyl sites for hydroxylation is 1. The van der Waals surface area contributed by atoms with Gasteiger partial charge in [-0.1, -0.05) is 24.3 Å². The first-order valence-electron chi connectivity index (χ1n) is 8.20. The van der Waals surface area contributed by atoms with Crippen molar-refractivity contribution in [2.45, 2.75) is 13.0 Å². The number of thiophene rings is 1. The van der Waals surface area contributed by atoms with Gasteiger partial charge in [0.25, 0.3) is 0 Å². The van der Waals surface area contributed by atoms with Crippen molar-refractivity contribution in [3.63, 3.8) is 0 Å². The summed E-state index contributed by atoms with van der Waals surface area (Å²) in [5, 5.41) is 4.86. The number of anilines is 1. The molecular formula is C18H25N3O3S2. The number of hydrogen-bond donors (Lipinski definition) is 1. The van der Waals surface area contributed by atoms with E-state index in [0.29, 0.717) is 12.2 Å². The molecule has 0 bridgehead atoms. The van der Waals surface area contributed by atoms with Crippen LogP contribution in [-0.4, -0.2) is 52.7 Å². The quantitative estimate of drug-likeness (QED) is 0.744. The Morgan fingerprint density at radius 3 is 2.42 bits per heavy atom. The van der Waals surface area contributed by atoms with E-state index in [0.717, 1.165) is 21.0 Å². The number of rotatable bonds is 8. The van der Waals surface area contributed by atoms with Gasteiger partial charge in [0.2, 0.25) is 15.9 Å². The zero-order valence-electron chi connectivity index (χ0n) is 15.5. The first kappa shape index (κ1) is 20.4. The average molecular weight is 396 g/mol. The van der Waals surface area contributed by atoms with Crippen molar-refractivity contribution in [1.29, 1.82) is 0 Å². The largest absolute Gasteiger partial charge is 0.353 e. The van der Waals surface area contributed by atoms with Crippen molar-refractivity contribution in [2.75, 3.05) is 37.7 Å². The SMILES string of the molecule is Cc1ccccc1N(CC(=O)NCC(c1cccs1)N(C)C)S(C)(=O)=O. The molecule has 1 atom stereocenters. The standard InChI is InChI=1S/C18H25N3O3S2/c1-14-8-5-6-9-15(14)21(26(4,23)24)13-18(22)19-12-16(20(2)3)17-10-7-11-25-17/h5-11,16H,12-13H2,1-4H3,(H,19,22). The lowest BCUT2D eigenvalue weighted by Crippen LogP contribution is -2.43. The molecule has 1 unspecified atom stereocenters. The maximum Gasteiger partial charge on any atom is 0.240 e. The van der Waals surface area contributed by atoms with E-state index in [1.165, 1.54) is 0 Å². The van der Waals surface area contributed by atoms with Crippen molar-refractivity contribution in [3.05, 3.63) is 52.2 Å². The molecule has 0 aliphatic heterocycles. The van der Waals surface area contributed by atoms with E-state index in [2.05, 4.69) is 5.32 Å². The molecule has 0 fully saturated rings. The zero-order chi connectivity index (χ0) is 19.3. The number of hydrogen-bond acceptors (Lipinski definition) is 5. The minimum Gasteiger partial charge on any atom is -0.353 e. The molecule has 2 aromatic rings. The van der Waals surface area contributed by atoms with Crippen LogP contribution >= 0.6 is 11.3 Å². The second-order valence-corrected chi connectivity index (χ2v) is 9.24. The Bertz CT molecular complexity index is 833. The average Bonchev–Trinajstić information content (AvgIpc) is 3.06. The van der Waals surface area contributed by atoms with Crippen molar-refractivity contribution in [2.24, 2.45) is 0 Å². The molecule has 142 valence electrons. The van der Waals surface area contributed by atoms with Crippen LogP contribution in [0.2, 0.25) is 0 Å². The molecule has 8 heteroatoms. The first-order valence-corrected chi connectivity index (χ1v) is 10.9. The summed E-state index contributed by atoms with van der Waals surface area (Å²) in [6.07, 6.45) is 1.11. The molecule has 6 nitrogen and oxygen atoms in total. The summed E-state index contributed by atoms with van der Waals surface area (Å²) in [6, 6.07) is 11.2. The molecule has 26 heavy (non-hydrogen) atoms. The van der Waals surface area contributed by atoms with Crippen LogP contribution in [0, 0.1) is 6.92 Å². The third-order valence-corrected chi connectivity index (χ3v) is 6.16. The van der Waals surface area contributed by atoms with Crippen LogP contribution in [0.5, 0.6) is 0 Å². The molecule has 0 aliphatic carbocycles. The van der Waals surface area contributed by atoms with E-state index in [-0.39, 0.29) is 18.5 Å². The molecule has 0 saturated heterocycles. The van der Waals surface area contributed by atoms with Gasteiger partial charge in [0, 0.05) is 11.4 Å². The summed E-state index contributed by atoms with van der Waals surface area (Å²) in [5.41, 5.74) is 1.32. The van der Waals surface area contributed by atoms with Crippen LogP contribution in [0.15, 0.2) is 41.8 Å². The van der Waals surface area contributed by atoms with Gasteiger partial charge in [-0.2, -0.15) is 0 Å². The van der Waals surface area contributed by atoms with Gasteiger partial charge < -0.3 is 10.2 Å². The second-order valence-electron chi connectivity index (χ2n) is 6.36. The Balaban J connectivity index is 2.09. The van der Waals surface area contributed by atoms with Crippen LogP contribution in [0.1, 0.15) is 16.5 Å². The highest BCUT2D eigenvalue weighted by Gasteiger charge is 2.23. The summed E-state index contributed by atoms with van der Waals surface area (Å²) >= 11 is 1.63. The summed E-state index contributed by atoms with van der Waals surface area (Å²) < 4.78 is 25.5. The minimum absolute atomic E-state index is 0.0455. The number of carbonyl (C=O) groups excluding carboxylic acids is 1. The molecule has 1 amide bonds. The third-order valence-electron chi connectivity index (χ3n) is 4.06. The molecule has 2 rings (SSSR count). The normalized spacial score (nSPS) is 12.8. The molecule has 1 heterocycles. The Hall–Kier alpha value is -1.90. The van der Waals surface area contributed by atoms with Gasteiger partial charge in [-0.25, -0.2) is 8.42 Å². The van der Waals surface area contributed by atoms with E-state index in [9.17, 15) is 13.2 Å². The molecule has 1 N–H and O–H groups in total. The van der Waals surface area contributed by atoms with Crippen molar-refractivity contribution in [1.82, 2.24) is 10.2 Å². The van der Waals surface area contributed by atoms with Crippen molar-refractivity contribution >= 4 is 33.0 Å². The van der Waals surface area contributed by atoms with Gasteiger partial charge in [0.15, 0.2) is 0 Å². The zero-order valence-corrected chi connectivity index (χ0v) is 17.1. The minimum atomic E-state index is -3.57. The van der Waals surface area contributed by atoms with E-state index >= 15 is 0 Å². The fourth-order valence-electron chi connectivity index (χ4n) is 2.64. The molecule has 1 aromatic carbocycles. The summed E-state index contributed by atoms with van der Waals surface area (Å²) in [5.74, 6) is -0.331. The predicted octanol–water partition coefficient (Wildman–Crippen LogP) is 2.24. The van der Waals surface area contributed by atoms with Crippen molar-refractivity contribution < 1.29 is 13.2 Å². The van der Waals surface area contributed by atoms with Gasteiger partial charge in [-0.3, -0.25) is 9.10 Å². The number of nitrogens with one attached hydrogen (secondary N) is 1. The molecule has 1 aromatic heterocycles. The van der Waals surface area contributed by atoms with Crippen LogP contribution in [-0.2, 0) is 14.8 Å². The van der Waals surface area contributed by atoms with Gasteiger partial charge >= 0.3 is 0 Å². The summed E-state index contributed by atoms with van der Waals surface area (Å²) in [4.78, 5) is 15.6. The third kappa shape index (κ3) is 5.30. The Kier molecular flexibility index (Phi) is 6.80. The number of nitrogens with zero attached hydrogens (tertiary/aromatic N) is 2. The number of sulfonamides is 1. The number of carbonyl (C=O) groups is 1. The van der Waals surface area contributed by atoms with Crippen LogP contribution in [0.25, 0.3) is 0 Å². The number of benzene rings is 1. The van der Waals surface area contributed by atoms with Crippen LogP contribution in [0.4, 0.5) is 5.69 Å². The second kappa shape index (κ2) is 8.66. The molecule has 0 saturated carbocycles. The van der Waals surface area contributed by atoms with E-state index in [1.807, 2.05) is 55.6 Å². The highest BCUT2D eigenvalue weighted by atomic mass is 32.2. The summed E-state index contributed by atoms with van der Waals surface area (Å²) in [6.45, 7) is 2.00. The highest BCUT2D eigenvalue weighted by Crippen LogP contribution is 2.23. The molecule has 0 spiro atoms. The lowest BCUT2D eigenvalue weighted by atomic mass is 10.2. The maximum absolute atomic E-state index is 12.4. The van der Waals surface area contributed by atoms with E-state index in [1.54, 1.807) is 23.5 Å². The molecule has 0 radical (unpaired) electrons. The number of para-hydroxylation sites is 1. The monoisotopic (exact) mass is 395 g/mol. The Morgan fingerprint density at radius 1 is 1.19 bits per heavy atom. The number of likely N-dealkylation sites (N-methyl/N-ethyl adjacent to an activating group) is 1. The Labute approximate surface area is 159 Å². The number of amides is 1. The maximum atomic E-state index is 12.4. The van der Waals surface area contributed by atoms with Gasteiger partial charge in [0.05, 0.1) is 18.0 Å². The van der Waals surface area contributed by atoms with Gasteiger partial charge in [-0.15, -0.1) is 11.3 Å². The van der Waals surface area contributed by atoms with Gasteiger partial charge in [-0.05, 0) is 44.1 Å². The topological polar surface area (TPSA) is 69.7 Å². The van der Waals surface area contributed by atoms with Crippen LogP contribution in [0.3, 0.4) is 0 Å². The molecular weight excluding hydrogens is 370 g/mol. The smallest absolute Gasteiger partial charge is 0.240 e. The Morgan fingerprint density at radius 2 is 1.88 bits per heavy atom. The van der Waals surface area contributed by atoms with Crippen molar-refractivity contribution in [3.8, 4) is 0 Å². The van der Waals surface area contributed by atoms with E-state index in [4.69, 9.17) is 0 Å².